The molecule has 2 fully saturated rings. The van der Waals surface area contributed by atoms with Crippen molar-refractivity contribution in [3.8, 4) is 0 Å². The van der Waals surface area contributed by atoms with Crippen molar-refractivity contribution in [1.82, 2.24) is 29.9 Å². The highest BCUT2D eigenvalue weighted by Gasteiger charge is 2.31. The molecule has 0 saturated heterocycles. The number of benzene rings is 6. The summed E-state index contributed by atoms with van der Waals surface area (Å²) in [4.78, 5) is 26.1. The third-order valence-corrected chi connectivity index (χ3v) is 15.0. The summed E-state index contributed by atoms with van der Waals surface area (Å²) >= 11 is 0. The molecule has 12 rings (SSSR count). The zero-order valence-electron chi connectivity index (χ0n) is 36.4. The molecule has 64 heavy (non-hydrogen) atoms. The number of pyridine rings is 2. The number of fused-ring (bicyclic) bond motifs is 8. The van der Waals surface area contributed by atoms with E-state index in [2.05, 4.69) is 119 Å². The molecule has 2 aliphatic rings. The average Bonchev–Trinajstić information content (AvgIpc) is 4.00. The van der Waals surface area contributed by atoms with Crippen LogP contribution in [-0.4, -0.2) is 29.9 Å². The van der Waals surface area contributed by atoms with Crippen molar-refractivity contribution in [3.05, 3.63) is 168 Å². The van der Waals surface area contributed by atoms with Gasteiger partial charge in [-0.05, 0) is 158 Å². The number of aromatic amines is 2. The molecular weight excluding hydrogens is 795 g/mol. The lowest BCUT2D eigenvalue weighted by molar-refractivity contribution is 0.286. The first-order chi connectivity index (χ1) is 31.3. The number of aromatic nitrogens is 6. The van der Waals surface area contributed by atoms with E-state index in [1.807, 2.05) is 12.4 Å². The summed E-state index contributed by atoms with van der Waals surface area (Å²) < 4.78 is 27.8. The van der Waals surface area contributed by atoms with Gasteiger partial charge in [-0.25, -0.2) is 18.7 Å². The van der Waals surface area contributed by atoms with E-state index in [9.17, 15) is 8.78 Å². The molecule has 2 saturated carbocycles. The molecule has 6 aromatic carbocycles. The predicted octanol–water partition coefficient (Wildman–Crippen LogP) is 15.0. The van der Waals surface area contributed by atoms with Gasteiger partial charge in [0.1, 0.15) is 23.3 Å². The number of nitrogens with one attached hydrogen (secondary N) is 2. The number of hydrogen-bond acceptors (Lipinski definition) is 4. The average molecular weight is 847 g/mol. The second-order valence-electron chi connectivity index (χ2n) is 18.5. The highest BCUT2D eigenvalue weighted by Crippen LogP contribution is 2.45. The molecule has 320 valence electrons. The smallest absolute Gasteiger partial charge is 0.123 e. The molecule has 4 heterocycles. The van der Waals surface area contributed by atoms with Crippen molar-refractivity contribution in [2.24, 2.45) is 11.8 Å². The van der Waals surface area contributed by atoms with Crippen molar-refractivity contribution < 1.29 is 8.78 Å². The van der Waals surface area contributed by atoms with Crippen molar-refractivity contribution in [2.45, 2.75) is 88.9 Å². The standard InChI is InChI=1S/2C28H26FN3/c2*1-17(28-31-26-12-10-19-4-2-3-5-23(19)27(26)32-28)18-6-8-20(9-7-18)22-14-15-30-25-13-11-21(29)16-24(22)25/h2*2-5,10-18,20H,6-9H2,1H3,(H,31,32)/t2*17-,18?,20?/m10/s1. The Labute approximate surface area is 371 Å². The van der Waals surface area contributed by atoms with Crippen LogP contribution >= 0.6 is 0 Å². The lowest BCUT2D eigenvalue weighted by Gasteiger charge is -2.32. The van der Waals surface area contributed by atoms with Crippen LogP contribution in [0.3, 0.4) is 0 Å². The monoisotopic (exact) mass is 846 g/mol. The fourth-order valence-electron chi connectivity index (χ4n) is 11.3. The Morgan fingerprint density at radius 3 is 1.33 bits per heavy atom. The molecule has 10 aromatic rings. The maximum atomic E-state index is 13.9. The van der Waals surface area contributed by atoms with Crippen molar-refractivity contribution in [2.75, 3.05) is 0 Å². The summed E-state index contributed by atoms with van der Waals surface area (Å²) in [6, 6.07) is 39.5. The van der Waals surface area contributed by atoms with E-state index >= 15 is 0 Å². The molecule has 0 bridgehead atoms. The zero-order valence-corrected chi connectivity index (χ0v) is 36.4. The molecule has 2 N–H and O–H groups in total. The van der Waals surface area contributed by atoms with Gasteiger partial charge in [-0.2, -0.15) is 0 Å². The molecule has 6 nitrogen and oxygen atoms in total. The normalized spacial score (nSPS) is 20.2. The Kier molecular flexibility index (Phi) is 10.6. The van der Waals surface area contributed by atoms with Crippen LogP contribution in [0, 0.1) is 23.5 Å². The van der Waals surface area contributed by atoms with Gasteiger partial charge in [-0.3, -0.25) is 9.97 Å². The molecule has 2 atom stereocenters. The Hall–Kier alpha value is -6.54. The second-order valence-corrected chi connectivity index (χ2v) is 18.5. The number of rotatable bonds is 6. The summed E-state index contributed by atoms with van der Waals surface area (Å²) in [7, 11) is 0. The SMILES string of the molecule is C[C@@H](c1nc2c(ccc3ccccc32)[nH]1)C1CCC(c2ccnc3ccc(F)cc23)CC1.C[C@H](c1nc2c(ccc3ccccc32)[nH]1)C1CCC(c2ccnc3ccc(F)cc23)CC1. The largest absolute Gasteiger partial charge is 0.342 e. The van der Waals surface area contributed by atoms with Crippen molar-refractivity contribution in [1.29, 1.82) is 0 Å². The highest BCUT2D eigenvalue weighted by atomic mass is 19.1. The van der Waals surface area contributed by atoms with Gasteiger partial charge in [-0.1, -0.05) is 74.5 Å². The highest BCUT2D eigenvalue weighted by molar-refractivity contribution is 6.05. The summed E-state index contributed by atoms with van der Waals surface area (Å²) in [6.07, 6.45) is 12.8. The van der Waals surface area contributed by atoms with E-state index < -0.39 is 0 Å². The topological polar surface area (TPSA) is 83.1 Å². The molecule has 8 heteroatoms. The van der Waals surface area contributed by atoms with Crippen molar-refractivity contribution in [3.63, 3.8) is 0 Å². The van der Waals surface area contributed by atoms with Crippen LogP contribution in [0.4, 0.5) is 8.78 Å². The van der Waals surface area contributed by atoms with E-state index in [0.717, 1.165) is 107 Å². The molecular formula is C56H52F2N6. The molecule has 0 aliphatic heterocycles. The minimum atomic E-state index is -0.188. The van der Waals surface area contributed by atoms with Gasteiger partial charge in [0.15, 0.2) is 0 Å². The summed E-state index contributed by atoms with van der Waals surface area (Å²) in [6.45, 7) is 4.62. The number of H-pyrrole nitrogens is 2. The molecule has 4 aromatic heterocycles. The lowest BCUT2D eigenvalue weighted by atomic mass is 9.73. The van der Waals surface area contributed by atoms with Crippen LogP contribution in [0.2, 0.25) is 0 Å². The van der Waals surface area contributed by atoms with Gasteiger partial charge >= 0.3 is 0 Å². The number of hydrogen-bond donors (Lipinski definition) is 2. The van der Waals surface area contributed by atoms with E-state index in [-0.39, 0.29) is 11.6 Å². The Morgan fingerprint density at radius 1 is 0.469 bits per heavy atom. The number of imidazole rings is 2. The van der Waals surface area contributed by atoms with E-state index in [1.54, 1.807) is 24.3 Å². The summed E-state index contributed by atoms with van der Waals surface area (Å²) in [5.41, 5.74) is 8.64. The maximum absolute atomic E-state index is 13.9. The first kappa shape index (κ1) is 40.2. The van der Waals surface area contributed by atoms with Gasteiger partial charge in [0, 0.05) is 45.8 Å². The summed E-state index contributed by atoms with van der Waals surface area (Å²) in [5.74, 6) is 4.70. The molecule has 2 aliphatic carbocycles. The van der Waals surface area contributed by atoms with Gasteiger partial charge in [0.25, 0.3) is 0 Å². The van der Waals surface area contributed by atoms with Gasteiger partial charge in [0.05, 0.1) is 33.1 Å². The van der Waals surface area contributed by atoms with E-state index in [1.165, 1.54) is 44.8 Å². The van der Waals surface area contributed by atoms with Gasteiger partial charge in [0.2, 0.25) is 0 Å². The van der Waals surface area contributed by atoms with Crippen LogP contribution in [0.1, 0.15) is 112 Å². The fourth-order valence-corrected chi connectivity index (χ4v) is 11.3. The first-order valence-corrected chi connectivity index (χ1v) is 23.2. The first-order valence-electron chi connectivity index (χ1n) is 23.2. The van der Waals surface area contributed by atoms with E-state index in [4.69, 9.17) is 9.97 Å². The predicted molar refractivity (Wildman–Crippen MR) is 257 cm³/mol. The molecule has 0 spiro atoms. The van der Waals surface area contributed by atoms with E-state index in [0.29, 0.717) is 35.5 Å². The van der Waals surface area contributed by atoms with Gasteiger partial charge < -0.3 is 9.97 Å². The maximum Gasteiger partial charge on any atom is 0.123 e. The van der Waals surface area contributed by atoms with Gasteiger partial charge in [-0.15, -0.1) is 0 Å². The van der Waals surface area contributed by atoms with Crippen LogP contribution in [-0.2, 0) is 0 Å². The minimum Gasteiger partial charge on any atom is -0.342 e. The van der Waals surface area contributed by atoms with Crippen LogP contribution in [0.25, 0.3) is 65.4 Å². The van der Waals surface area contributed by atoms with Crippen molar-refractivity contribution >= 4 is 65.4 Å². The quantitative estimate of drug-likeness (QED) is 0.175. The summed E-state index contributed by atoms with van der Waals surface area (Å²) in [5, 5.41) is 6.81. The van der Waals surface area contributed by atoms with Crippen LogP contribution in [0.15, 0.2) is 134 Å². The number of nitrogens with zero attached hydrogens (tertiary/aromatic N) is 4. The zero-order chi connectivity index (χ0) is 43.3. The Bertz CT molecular complexity index is 3080. The molecule has 0 amide bonds. The Balaban J connectivity index is 0.000000143. The Morgan fingerprint density at radius 2 is 0.891 bits per heavy atom. The minimum absolute atomic E-state index is 0.188. The second kappa shape index (κ2) is 16.9. The third-order valence-electron chi connectivity index (χ3n) is 15.0. The molecule has 0 unspecified atom stereocenters. The lowest BCUT2D eigenvalue weighted by Crippen LogP contribution is -2.19. The van der Waals surface area contributed by atoms with Crippen LogP contribution < -0.4 is 0 Å². The van der Waals surface area contributed by atoms with Crippen LogP contribution in [0.5, 0.6) is 0 Å². The fraction of sp³-hybridized carbons (Fsp3) is 0.286. The number of halogens is 2. The third kappa shape index (κ3) is 7.56. The molecule has 0 radical (unpaired) electrons.